The molecule has 1 amide bonds. The molecule has 0 N–H and O–H groups in total. The van der Waals surface area contributed by atoms with Crippen LogP contribution in [0.4, 0.5) is 0 Å². The lowest BCUT2D eigenvalue weighted by atomic mass is 10.1. The van der Waals surface area contributed by atoms with Gasteiger partial charge in [-0.3, -0.25) is 9.69 Å². The van der Waals surface area contributed by atoms with E-state index in [1.54, 1.807) is 19.2 Å². The number of aromatic nitrogens is 1. The standard InChI is InChI=1S/C18H20ClN3O2/c1-24-16-4-2-3-14(11-16)13-21-7-9-22(10-8-21)18(23)15-5-6-17(19)20-12-15/h2-6,11-12H,7-10,13H2,1H3. The number of rotatable bonds is 4. The molecule has 1 aliphatic heterocycles. The van der Waals surface area contributed by atoms with E-state index in [4.69, 9.17) is 16.3 Å². The third kappa shape index (κ3) is 4.04. The number of halogens is 1. The van der Waals surface area contributed by atoms with Crippen LogP contribution >= 0.6 is 11.6 Å². The van der Waals surface area contributed by atoms with Crippen molar-refractivity contribution in [3.8, 4) is 5.75 Å². The van der Waals surface area contributed by atoms with Crippen molar-refractivity contribution in [2.75, 3.05) is 33.3 Å². The summed E-state index contributed by atoms with van der Waals surface area (Å²) in [5.41, 5.74) is 1.80. The Morgan fingerprint density at radius 2 is 2.00 bits per heavy atom. The molecule has 24 heavy (non-hydrogen) atoms. The van der Waals surface area contributed by atoms with Gasteiger partial charge in [-0.25, -0.2) is 4.98 Å². The molecular weight excluding hydrogens is 326 g/mol. The van der Waals surface area contributed by atoms with Crippen molar-refractivity contribution >= 4 is 17.5 Å². The SMILES string of the molecule is COc1cccc(CN2CCN(C(=O)c3ccc(Cl)nc3)CC2)c1. The number of methoxy groups -OCH3 is 1. The molecule has 0 bridgehead atoms. The minimum Gasteiger partial charge on any atom is -0.497 e. The van der Waals surface area contributed by atoms with Gasteiger partial charge in [-0.15, -0.1) is 0 Å². The molecule has 3 rings (SSSR count). The van der Waals surface area contributed by atoms with E-state index in [2.05, 4.69) is 22.0 Å². The Balaban J connectivity index is 1.55. The van der Waals surface area contributed by atoms with Crippen LogP contribution in [0.15, 0.2) is 42.6 Å². The Labute approximate surface area is 146 Å². The normalized spacial score (nSPS) is 15.3. The number of carbonyl (C=O) groups is 1. The van der Waals surface area contributed by atoms with Crippen molar-refractivity contribution in [3.05, 3.63) is 58.9 Å². The second kappa shape index (κ2) is 7.64. The molecule has 0 aliphatic carbocycles. The van der Waals surface area contributed by atoms with Gasteiger partial charge in [0.15, 0.2) is 0 Å². The number of benzene rings is 1. The van der Waals surface area contributed by atoms with Gasteiger partial charge in [0, 0.05) is 38.9 Å². The molecule has 1 aromatic heterocycles. The first-order valence-electron chi connectivity index (χ1n) is 7.92. The van der Waals surface area contributed by atoms with Gasteiger partial charge < -0.3 is 9.64 Å². The Bertz CT molecular complexity index is 698. The summed E-state index contributed by atoms with van der Waals surface area (Å²) in [5.74, 6) is 0.886. The zero-order valence-corrected chi connectivity index (χ0v) is 14.4. The van der Waals surface area contributed by atoms with E-state index in [1.807, 2.05) is 17.0 Å². The topological polar surface area (TPSA) is 45.7 Å². The Morgan fingerprint density at radius 3 is 2.67 bits per heavy atom. The molecule has 6 heteroatoms. The van der Waals surface area contributed by atoms with Gasteiger partial charge in [0.05, 0.1) is 12.7 Å². The van der Waals surface area contributed by atoms with Gasteiger partial charge in [-0.2, -0.15) is 0 Å². The Kier molecular flexibility index (Phi) is 5.33. The van der Waals surface area contributed by atoms with Crippen molar-refractivity contribution in [2.45, 2.75) is 6.54 Å². The second-order valence-electron chi connectivity index (χ2n) is 5.79. The molecular formula is C18H20ClN3O2. The molecule has 2 heterocycles. The van der Waals surface area contributed by atoms with E-state index in [0.29, 0.717) is 23.8 Å². The van der Waals surface area contributed by atoms with Crippen LogP contribution in [-0.2, 0) is 6.54 Å². The minimum absolute atomic E-state index is 0.0141. The van der Waals surface area contributed by atoms with E-state index >= 15 is 0 Å². The van der Waals surface area contributed by atoms with E-state index in [9.17, 15) is 4.79 Å². The van der Waals surface area contributed by atoms with Crippen LogP contribution in [0.25, 0.3) is 0 Å². The first-order chi connectivity index (χ1) is 11.7. The van der Waals surface area contributed by atoms with Crippen molar-refractivity contribution in [3.63, 3.8) is 0 Å². The van der Waals surface area contributed by atoms with Gasteiger partial charge in [0.25, 0.3) is 5.91 Å². The third-order valence-corrected chi connectivity index (χ3v) is 4.40. The van der Waals surface area contributed by atoms with Gasteiger partial charge in [-0.05, 0) is 29.8 Å². The fraction of sp³-hybridized carbons (Fsp3) is 0.333. The monoisotopic (exact) mass is 345 g/mol. The molecule has 5 nitrogen and oxygen atoms in total. The number of amides is 1. The van der Waals surface area contributed by atoms with E-state index in [-0.39, 0.29) is 5.91 Å². The lowest BCUT2D eigenvalue weighted by molar-refractivity contribution is 0.0628. The molecule has 0 saturated carbocycles. The number of ether oxygens (including phenoxy) is 1. The zero-order valence-electron chi connectivity index (χ0n) is 13.6. The van der Waals surface area contributed by atoms with Crippen LogP contribution in [0.2, 0.25) is 5.15 Å². The molecule has 1 aliphatic rings. The Morgan fingerprint density at radius 1 is 1.21 bits per heavy atom. The highest BCUT2D eigenvalue weighted by Crippen LogP contribution is 2.16. The van der Waals surface area contributed by atoms with E-state index in [0.717, 1.165) is 25.4 Å². The average molecular weight is 346 g/mol. The molecule has 0 spiro atoms. The smallest absolute Gasteiger partial charge is 0.255 e. The highest BCUT2D eigenvalue weighted by Gasteiger charge is 2.22. The fourth-order valence-corrected chi connectivity index (χ4v) is 2.93. The number of pyridine rings is 1. The molecule has 2 aromatic rings. The van der Waals surface area contributed by atoms with Crippen molar-refractivity contribution in [2.24, 2.45) is 0 Å². The molecule has 0 atom stereocenters. The summed E-state index contributed by atoms with van der Waals surface area (Å²) in [6.07, 6.45) is 1.54. The van der Waals surface area contributed by atoms with Crippen molar-refractivity contribution in [1.29, 1.82) is 0 Å². The van der Waals surface area contributed by atoms with E-state index in [1.165, 1.54) is 11.8 Å². The zero-order chi connectivity index (χ0) is 16.9. The quantitative estimate of drug-likeness (QED) is 0.799. The summed E-state index contributed by atoms with van der Waals surface area (Å²) >= 11 is 5.77. The number of hydrogen-bond donors (Lipinski definition) is 0. The van der Waals surface area contributed by atoms with Gasteiger partial charge in [0.2, 0.25) is 0 Å². The van der Waals surface area contributed by atoms with Crippen LogP contribution in [-0.4, -0.2) is 54.0 Å². The predicted molar refractivity (Wildman–Crippen MR) is 93.4 cm³/mol. The number of hydrogen-bond acceptors (Lipinski definition) is 4. The molecule has 0 radical (unpaired) electrons. The summed E-state index contributed by atoms with van der Waals surface area (Å²) in [6, 6.07) is 11.5. The highest BCUT2D eigenvalue weighted by molar-refractivity contribution is 6.29. The number of carbonyl (C=O) groups excluding carboxylic acids is 1. The molecule has 1 fully saturated rings. The third-order valence-electron chi connectivity index (χ3n) is 4.17. The first-order valence-corrected chi connectivity index (χ1v) is 8.29. The summed E-state index contributed by atoms with van der Waals surface area (Å²) in [6.45, 7) is 3.99. The molecule has 0 unspecified atom stereocenters. The molecule has 1 aromatic carbocycles. The van der Waals surface area contributed by atoms with Crippen LogP contribution < -0.4 is 4.74 Å². The maximum Gasteiger partial charge on any atom is 0.255 e. The van der Waals surface area contributed by atoms with Gasteiger partial charge in [0.1, 0.15) is 10.9 Å². The molecule has 126 valence electrons. The summed E-state index contributed by atoms with van der Waals surface area (Å²) in [4.78, 5) is 20.7. The number of nitrogens with zero attached hydrogens (tertiary/aromatic N) is 3. The average Bonchev–Trinajstić information content (AvgIpc) is 2.62. The van der Waals surface area contributed by atoms with Crippen LogP contribution in [0, 0.1) is 0 Å². The predicted octanol–water partition coefficient (Wildman–Crippen LogP) is 2.70. The van der Waals surface area contributed by atoms with Crippen molar-refractivity contribution < 1.29 is 9.53 Å². The van der Waals surface area contributed by atoms with Crippen LogP contribution in [0.1, 0.15) is 15.9 Å². The maximum atomic E-state index is 12.5. The minimum atomic E-state index is 0.0141. The van der Waals surface area contributed by atoms with E-state index < -0.39 is 0 Å². The summed E-state index contributed by atoms with van der Waals surface area (Å²) in [7, 11) is 1.68. The fourth-order valence-electron chi connectivity index (χ4n) is 2.82. The Hall–Kier alpha value is -2.11. The summed E-state index contributed by atoms with van der Waals surface area (Å²) < 4.78 is 5.26. The van der Waals surface area contributed by atoms with Gasteiger partial charge in [-0.1, -0.05) is 23.7 Å². The summed E-state index contributed by atoms with van der Waals surface area (Å²) in [5, 5.41) is 0.398. The highest BCUT2D eigenvalue weighted by atomic mass is 35.5. The van der Waals surface area contributed by atoms with Crippen LogP contribution in [0.3, 0.4) is 0 Å². The second-order valence-corrected chi connectivity index (χ2v) is 6.18. The lowest BCUT2D eigenvalue weighted by Crippen LogP contribution is -2.48. The van der Waals surface area contributed by atoms with Gasteiger partial charge >= 0.3 is 0 Å². The largest absolute Gasteiger partial charge is 0.497 e. The lowest BCUT2D eigenvalue weighted by Gasteiger charge is -2.34. The van der Waals surface area contributed by atoms with Crippen LogP contribution in [0.5, 0.6) is 5.75 Å². The number of piperazine rings is 1. The first kappa shape index (κ1) is 16.7. The molecule has 1 saturated heterocycles. The maximum absolute atomic E-state index is 12.5. The van der Waals surface area contributed by atoms with Crippen molar-refractivity contribution in [1.82, 2.24) is 14.8 Å².